The van der Waals surface area contributed by atoms with Crippen LogP contribution in [0.15, 0.2) is 60.9 Å². The molecular formula is C30H28ClF6N5O5. The Balaban J connectivity index is 0.000000301. The third-order valence-electron chi connectivity index (χ3n) is 7.35. The summed E-state index contributed by atoms with van der Waals surface area (Å²) in [6.07, 6.45) is -3.59. The summed E-state index contributed by atoms with van der Waals surface area (Å²) >= 11 is 6.03. The number of hydrogen-bond acceptors (Lipinski definition) is 5. The molecule has 2 N–H and O–H groups in total. The lowest BCUT2D eigenvalue weighted by Gasteiger charge is -2.28. The van der Waals surface area contributed by atoms with E-state index in [0.29, 0.717) is 17.3 Å². The third-order valence-corrected chi connectivity index (χ3v) is 7.60. The minimum absolute atomic E-state index is 0.0299. The Bertz CT molecular complexity index is 1710. The number of carbonyl (C=O) groups is 3. The molecule has 2 aliphatic heterocycles. The number of carbonyl (C=O) groups excluding carboxylic acids is 1. The second-order valence-corrected chi connectivity index (χ2v) is 11.0. The predicted octanol–water partition coefficient (Wildman–Crippen LogP) is 6.18. The minimum Gasteiger partial charge on any atom is -0.475 e. The van der Waals surface area contributed by atoms with Crippen molar-refractivity contribution in [3.63, 3.8) is 0 Å². The molecule has 4 heterocycles. The van der Waals surface area contributed by atoms with E-state index in [-0.39, 0.29) is 5.91 Å². The quantitative estimate of drug-likeness (QED) is 0.241. The molecular weight excluding hydrogens is 660 g/mol. The lowest BCUT2D eigenvalue weighted by atomic mass is 10.1. The molecule has 0 unspecified atom stereocenters. The molecule has 1 saturated heterocycles. The molecule has 2 aromatic carbocycles. The highest BCUT2D eigenvalue weighted by Gasteiger charge is 2.39. The smallest absolute Gasteiger partial charge is 0.475 e. The minimum atomic E-state index is -5.08. The lowest BCUT2D eigenvalue weighted by molar-refractivity contribution is -0.193. The number of alkyl halides is 6. The van der Waals surface area contributed by atoms with Crippen LogP contribution in [0.5, 0.6) is 0 Å². The van der Waals surface area contributed by atoms with E-state index in [1.807, 2.05) is 47.5 Å². The fraction of sp³-hybridized carbons (Fsp3) is 0.333. The van der Waals surface area contributed by atoms with Crippen molar-refractivity contribution in [3.8, 4) is 11.1 Å². The van der Waals surface area contributed by atoms with Crippen LogP contribution >= 0.6 is 11.6 Å². The van der Waals surface area contributed by atoms with E-state index in [0.717, 1.165) is 47.4 Å². The van der Waals surface area contributed by atoms with E-state index in [1.54, 1.807) is 0 Å². The van der Waals surface area contributed by atoms with Gasteiger partial charge in [-0.1, -0.05) is 23.7 Å². The van der Waals surface area contributed by atoms with Gasteiger partial charge in [-0.15, -0.1) is 0 Å². The zero-order chi connectivity index (χ0) is 34.5. The maximum absolute atomic E-state index is 13.4. The molecule has 17 heteroatoms. The average molecular weight is 688 g/mol. The summed E-state index contributed by atoms with van der Waals surface area (Å²) in [7, 11) is 0. The summed E-state index contributed by atoms with van der Waals surface area (Å²) in [6, 6.07) is 15.9. The maximum Gasteiger partial charge on any atom is 0.490 e. The second kappa shape index (κ2) is 14.5. The van der Waals surface area contributed by atoms with Gasteiger partial charge >= 0.3 is 24.3 Å². The topological polar surface area (TPSA) is 121 Å². The summed E-state index contributed by atoms with van der Waals surface area (Å²) < 4.78 is 67.6. The predicted molar refractivity (Wildman–Crippen MR) is 159 cm³/mol. The van der Waals surface area contributed by atoms with Crippen LogP contribution in [0, 0.1) is 0 Å². The number of aliphatic carboxylic acids is 2. The van der Waals surface area contributed by atoms with E-state index >= 15 is 0 Å². The van der Waals surface area contributed by atoms with Gasteiger partial charge in [0.1, 0.15) is 5.69 Å². The number of aromatic nitrogens is 3. The van der Waals surface area contributed by atoms with Crippen molar-refractivity contribution < 1.29 is 50.9 Å². The van der Waals surface area contributed by atoms with Crippen molar-refractivity contribution in [2.75, 3.05) is 31.1 Å². The first-order valence-corrected chi connectivity index (χ1v) is 14.5. The van der Waals surface area contributed by atoms with Gasteiger partial charge in [0.25, 0.3) is 5.91 Å². The molecule has 2 aliphatic rings. The first kappa shape index (κ1) is 35.3. The van der Waals surface area contributed by atoms with Crippen LogP contribution < -0.4 is 4.90 Å². The van der Waals surface area contributed by atoms with Crippen LogP contribution in [0.25, 0.3) is 22.0 Å². The highest BCUT2D eigenvalue weighted by molar-refractivity contribution is 6.30. The van der Waals surface area contributed by atoms with E-state index in [4.69, 9.17) is 31.4 Å². The normalized spacial score (nSPS) is 15.0. The van der Waals surface area contributed by atoms with E-state index in [1.165, 1.54) is 25.9 Å². The summed E-state index contributed by atoms with van der Waals surface area (Å²) in [5.41, 5.74) is 4.85. The number of fused-ring (bicyclic) bond motifs is 2. The monoisotopic (exact) mass is 687 g/mol. The molecule has 2 aromatic heterocycles. The SMILES string of the molecule is O=C(O)C(F)(F)F.O=C(O)C(F)(F)F.O=C1c2cc(-c3ccc(Cl)cc3)cn2CCN1c1ccc2c(cnn2CCN2CCCC2)c1. The Kier molecular flexibility index (Phi) is 10.9. The first-order valence-electron chi connectivity index (χ1n) is 14.1. The molecule has 1 amide bonds. The average Bonchev–Trinajstić information content (AvgIpc) is 3.76. The zero-order valence-corrected chi connectivity index (χ0v) is 25.2. The van der Waals surface area contributed by atoms with Crippen LogP contribution in [-0.4, -0.2) is 85.8 Å². The lowest BCUT2D eigenvalue weighted by Crippen LogP contribution is -2.39. The molecule has 0 radical (unpaired) electrons. The number of carboxylic acids is 2. The molecule has 0 saturated carbocycles. The molecule has 0 aliphatic carbocycles. The van der Waals surface area contributed by atoms with Gasteiger partial charge in [-0.25, -0.2) is 9.59 Å². The maximum atomic E-state index is 13.4. The van der Waals surface area contributed by atoms with E-state index in [9.17, 15) is 31.1 Å². The molecule has 1 fully saturated rings. The Morgan fingerprint density at radius 3 is 1.98 bits per heavy atom. The largest absolute Gasteiger partial charge is 0.490 e. The molecule has 0 spiro atoms. The highest BCUT2D eigenvalue weighted by Crippen LogP contribution is 2.30. The number of nitrogens with zero attached hydrogens (tertiary/aromatic N) is 5. The van der Waals surface area contributed by atoms with Crippen molar-refractivity contribution in [2.45, 2.75) is 38.3 Å². The molecule has 0 bridgehead atoms. The van der Waals surface area contributed by atoms with Crippen molar-refractivity contribution in [1.82, 2.24) is 19.2 Å². The van der Waals surface area contributed by atoms with Crippen molar-refractivity contribution in [3.05, 3.63) is 71.6 Å². The summed E-state index contributed by atoms with van der Waals surface area (Å²) in [5, 5.41) is 20.6. The number of benzene rings is 2. The highest BCUT2D eigenvalue weighted by atomic mass is 35.5. The van der Waals surface area contributed by atoms with Gasteiger partial charge in [-0.3, -0.25) is 9.48 Å². The van der Waals surface area contributed by atoms with Crippen LogP contribution in [-0.2, 0) is 22.7 Å². The van der Waals surface area contributed by atoms with Crippen molar-refractivity contribution >= 4 is 46.0 Å². The molecule has 4 aromatic rings. The van der Waals surface area contributed by atoms with Crippen molar-refractivity contribution in [2.24, 2.45) is 0 Å². The van der Waals surface area contributed by atoms with Crippen LogP contribution in [0.4, 0.5) is 32.0 Å². The van der Waals surface area contributed by atoms with Gasteiger partial charge in [-0.2, -0.15) is 31.4 Å². The zero-order valence-electron chi connectivity index (χ0n) is 24.4. The van der Waals surface area contributed by atoms with Gasteiger partial charge in [0.15, 0.2) is 0 Å². The molecule has 252 valence electrons. The number of halogens is 7. The molecule has 0 atom stereocenters. The van der Waals surface area contributed by atoms with Gasteiger partial charge in [-0.05, 0) is 67.9 Å². The van der Waals surface area contributed by atoms with Gasteiger partial charge in [0, 0.05) is 47.5 Å². The van der Waals surface area contributed by atoms with E-state index in [2.05, 4.69) is 37.6 Å². The number of carboxylic acid groups (broad SMARTS) is 2. The van der Waals surface area contributed by atoms with Gasteiger partial charge in [0.05, 0.1) is 18.3 Å². The molecule has 10 nitrogen and oxygen atoms in total. The Morgan fingerprint density at radius 2 is 1.40 bits per heavy atom. The van der Waals surface area contributed by atoms with Gasteiger partial charge < -0.3 is 24.6 Å². The standard InChI is InChI=1S/C26H26ClN5O.2C2HF3O2/c27-22-5-3-19(4-6-22)21-16-25-26(33)31(13-12-30(25)18-21)23-7-8-24-20(15-23)17-28-32(24)14-11-29-9-1-2-10-29;2*3-2(4,5)1(6)7/h3-8,15-18H,1-2,9-14H2;2*(H,6,7). The fourth-order valence-electron chi connectivity index (χ4n) is 5.03. The first-order chi connectivity index (χ1) is 22.0. The number of amides is 1. The second-order valence-electron chi connectivity index (χ2n) is 10.5. The molecule has 6 rings (SSSR count). The Labute approximate surface area is 268 Å². The number of rotatable bonds is 5. The van der Waals surface area contributed by atoms with E-state index < -0.39 is 24.3 Å². The summed E-state index contributed by atoms with van der Waals surface area (Å²) in [6.45, 7) is 5.74. The third kappa shape index (κ3) is 9.04. The Morgan fingerprint density at radius 1 is 0.809 bits per heavy atom. The summed E-state index contributed by atoms with van der Waals surface area (Å²) in [4.78, 5) is 35.5. The fourth-order valence-corrected chi connectivity index (χ4v) is 5.16. The summed E-state index contributed by atoms with van der Waals surface area (Å²) in [5.74, 6) is -5.48. The van der Waals surface area contributed by atoms with Crippen molar-refractivity contribution in [1.29, 1.82) is 0 Å². The molecule has 47 heavy (non-hydrogen) atoms. The number of likely N-dealkylation sites (tertiary alicyclic amines) is 1. The Hall–Kier alpha value is -4.57. The number of hydrogen-bond donors (Lipinski definition) is 2. The van der Waals surface area contributed by atoms with Gasteiger partial charge in [0.2, 0.25) is 0 Å². The van der Waals surface area contributed by atoms with Crippen LogP contribution in [0.2, 0.25) is 5.02 Å². The van der Waals surface area contributed by atoms with Crippen LogP contribution in [0.1, 0.15) is 23.3 Å². The van der Waals surface area contributed by atoms with Crippen LogP contribution in [0.3, 0.4) is 0 Å². The number of anilines is 1.